The zero-order valence-electron chi connectivity index (χ0n) is 16.4. The molecule has 1 N–H and O–H groups in total. The molecule has 27 heavy (non-hydrogen) atoms. The smallest absolute Gasteiger partial charge is 0.268 e. The van der Waals surface area contributed by atoms with Gasteiger partial charge in [-0.05, 0) is 55.7 Å². The molecule has 1 aromatic rings. The van der Waals surface area contributed by atoms with Crippen LogP contribution in [-0.4, -0.2) is 37.1 Å². The number of sulfonamides is 1. The van der Waals surface area contributed by atoms with Crippen molar-refractivity contribution in [3.63, 3.8) is 0 Å². The van der Waals surface area contributed by atoms with Gasteiger partial charge in [0.1, 0.15) is 4.90 Å². The highest BCUT2D eigenvalue weighted by atomic mass is 32.2. The Morgan fingerprint density at radius 2 is 2.00 bits per heavy atom. The van der Waals surface area contributed by atoms with Crippen molar-refractivity contribution in [2.75, 3.05) is 6.54 Å². The van der Waals surface area contributed by atoms with Crippen LogP contribution >= 0.6 is 0 Å². The van der Waals surface area contributed by atoms with E-state index in [1.807, 2.05) is 0 Å². The van der Waals surface area contributed by atoms with Crippen LogP contribution in [0.5, 0.6) is 0 Å². The van der Waals surface area contributed by atoms with Crippen molar-refractivity contribution in [3.05, 3.63) is 29.3 Å². The summed E-state index contributed by atoms with van der Waals surface area (Å²) in [7, 11) is -3.86. The van der Waals surface area contributed by atoms with Crippen LogP contribution in [0.4, 0.5) is 0 Å². The second kappa shape index (κ2) is 7.26. The molecule has 0 bridgehead atoms. The second-order valence-corrected chi connectivity index (χ2v) is 9.92. The first-order valence-corrected chi connectivity index (χ1v) is 11.1. The van der Waals surface area contributed by atoms with E-state index < -0.39 is 15.9 Å². The van der Waals surface area contributed by atoms with E-state index in [2.05, 4.69) is 26.1 Å². The quantitative estimate of drug-likeness (QED) is 0.854. The van der Waals surface area contributed by atoms with Crippen LogP contribution in [0, 0.1) is 17.8 Å². The summed E-state index contributed by atoms with van der Waals surface area (Å²) < 4.78 is 25.9. The zero-order valence-corrected chi connectivity index (χ0v) is 17.2. The lowest BCUT2D eigenvalue weighted by Gasteiger charge is -2.37. The van der Waals surface area contributed by atoms with Gasteiger partial charge in [-0.2, -0.15) is 0 Å². The SMILES string of the molecule is CCN1C(=O)c2ccc(C(=O)NC3CC(C)CCC3C(C)C)cc2S1(=O)=O. The molecular formula is C20H28N2O4S. The Morgan fingerprint density at radius 3 is 2.63 bits per heavy atom. The predicted octanol–water partition coefficient (Wildman–Crippen LogP) is 3.04. The van der Waals surface area contributed by atoms with Crippen molar-refractivity contribution in [3.8, 4) is 0 Å². The lowest BCUT2D eigenvalue weighted by Crippen LogP contribution is -2.45. The van der Waals surface area contributed by atoms with Crippen LogP contribution in [0.3, 0.4) is 0 Å². The molecule has 1 aliphatic carbocycles. The average Bonchev–Trinajstić information content (AvgIpc) is 2.80. The third-order valence-electron chi connectivity index (χ3n) is 5.89. The van der Waals surface area contributed by atoms with Gasteiger partial charge in [0.15, 0.2) is 0 Å². The summed E-state index contributed by atoms with van der Waals surface area (Å²) in [4.78, 5) is 25.0. The molecule has 6 nitrogen and oxygen atoms in total. The molecule has 7 heteroatoms. The normalized spacial score (nSPS) is 26.9. The van der Waals surface area contributed by atoms with Gasteiger partial charge in [-0.15, -0.1) is 0 Å². The number of nitrogens with zero attached hydrogens (tertiary/aromatic N) is 1. The van der Waals surface area contributed by atoms with Crippen LogP contribution < -0.4 is 5.32 Å². The minimum Gasteiger partial charge on any atom is -0.349 e. The van der Waals surface area contributed by atoms with E-state index >= 15 is 0 Å². The molecule has 0 saturated heterocycles. The standard InChI is InChI=1S/C20H28N2O4S/c1-5-22-20(24)16-9-7-14(11-18(16)27(22,25)26)19(23)21-17-10-13(4)6-8-15(17)12(2)3/h7,9,11-13,15,17H,5-6,8,10H2,1-4H3,(H,21,23). The fraction of sp³-hybridized carbons (Fsp3) is 0.600. The first kappa shape index (κ1) is 19.9. The molecule has 1 heterocycles. The molecule has 148 valence electrons. The summed E-state index contributed by atoms with van der Waals surface area (Å²) in [5, 5.41) is 3.12. The van der Waals surface area contributed by atoms with Crippen molar-refractivity contribution in [1.29, 1.82) is 0 Å². The average molecular weight is 393 g/mol. The molecule has 1 aliphatic heterocycles. The lowest BCUT2D eigenvalue weighted by atomic mass is 9.74. The first-order chi connectivity index (χ1) is 12.7. The van der Waals surface area contributed by atoms with Crippen molar-refractivity contribution >= 4 is 21.8 Å². The molecule has 3 rings (SSSR count). The molecule has 2 amide bonds. The molecular weight excluding hydrogens is 364 g/mol. The monoisotopic (exact) mass is 392 g/mol. The highest BCUT2D eigenvalue weighted by Crippen LogP contribution is 2.34. The molecule has 1 saturated carbocycles. The summed E-state index contributed by atoms with van der Waals surface area (Å²) in [6, 6.07) is 4.41. The van der Waals surface area contributed by atoms with E-state index in [0.717, 1.165) is 17.1 Å². The van der Waals surface area contributed by atoms with Gasteiger partial charge >= 0.3 is 0 Å². The first-order valence-electron chi connectivity index (χ1n) is 9.68. The largest absolute Gasteiger partial charge is 0.349 e. The van der Waals surface area contributed by atoms with Crippen molar-refractivity contribution in [2.45, 2.75) is 57.9 Å². The number of nitrogens with one attached hydrogen (secondary N) is 1. The topological polar surface area (TPSA) is 83.6 Å². The Hall–Kier alpha value is -1.89. The molecule has 1 fully saturated rings. The Morgan fingerprint density at radius 1 is 1.30 bits per heavy atom. The van der Waals surface area contributed by atoms with E-state index in [0.29, 0.717) is 17.8 Å². The number of carbonyl (C=O) groups is 2. The molecule has 3 unspecified atom stereocenters. The fourth-order valence-electron chi connectivity index (χ4n) is 4.35. The molecule has 3 atom stereocenters. The summed E-state index contributed by atoms with van der Waals surface area (Å²) in [5.74, 6) is 0.640. The van der Waals surface area contributed by atoms with Crippen LogP contribution in [0.25, 0.3) is 0 Å². The van der Waals surface area contributed by atoms with Gasteiger partial charge in [0.05, 0.1) is 5.56 Å². The van der Waals surface area contributed by atoms with Gasteiger partial charge in [-0.1, -0.05) is 27.2 Å². The number of amides is 2. The fourth-order valence-corrected chi connectivity index (χ4v) is 5.95. The molecule has 1 aromatic carbocycles. The van der Waals surface area contributed by atoms with E-state index in [1.54, 1.807) is 6.92 Å². The van der Waals surface area contributed by atoms with E-state index in [4.69, 9.17) is 0 Å². The number of fused-ring (bicyclic) bond motifs is 1. The third kappa shape index (κ3) is 3.49. The minimum absolute atomic E-state index is 0.0700. The summed E-state index contributed by atoms with van der Waals surface area (Å²) in [6.07, 6.45) is 3.18. The second-order valence-electron chi connectivity index (χ2n) is 8.09. The summed E-state index contributed by atoms with van der Waals surface area (Å²) in [5.41, 5.74) is 0.420. The van der Waals surface area contributed by atoms with E-state index in [-0.39, 0.29) is 34.5 Å². The number of rotatable bonds is 4. The molecule has 0 aromatic heterocycles. The Balaban J connectivity index is 1.86. The highest BCUT2D eigenvalue weighted by molar-refractivity contribution is 7.90. The van der Waals surface area contributed by atoms with Crippen molar-refractivity contribution in [1.82, 2.24) is 9.62 Å². The van der Waals surface area contributed by atoms with Gasteiger partial charge in [0.25, 0.3) is 21.8 Å². The van der Waals surface area contributed by atoms with Gasteiger partial charge in [0.2, 0.25) is 0 Å². The van der Waals surface area contributed by atoms with Crippen LogP contribution in [0.1, 0.15) is 67.7 Å². The maximum Gasteiger partial charge on any atom is 0.268 e. The van der Waals surface area contributed by atoms with Crippen molar-refractivity contribution < 1.29 is 18.0 Å². The van der Waals surface area contributed by atoms with Gasteiger partial charge in [-0.3, -0.25) is 9.59 Å². The molecule has 0 spiro atoms. The zero-order chi connectivity index (χ0) is 19.9. The summed E-state index contributed by atoms with van der Waals surface area (Å²) >= 11 is 0. The maximum atomic E-state index is 12.8. The number of carbonyl (C=O) groups excluding carboxylic acids is 2. The van der Waals surface area contributed by atoms with Gasteiger partial charge in [-0.25, -0.2) is 12.7 Å². The lowest BCUT2D eigenvalue weighted by molar-refractivity contribution is 0.0859. The predicted molar refractivity (Wildman–Crippen MR) is 103 cm³/mol. The number of hydrogen-bond donors (Lipinski definition) is 1. The maximum absolute atomic E-state index is 12.8. The van der Waals surface area contributed by atoms with Crippen LogP contribution in [-0.2, 0) is 10.0 Å². The number of hydrogen-bond acceptors (Lipinski definition) is 4. The molecule has 2 aliphatic rings. The van der Waals surface area contributed by atoms with E-state index in [9.17, 15) is 18.0 Å². The Kier molecular flexibility index (Phi) is 5.34. The Bertz CT molecular complexity index is 863. The highest BCUT2D eigenvalue weighted by Gasteiger charge is 2.40. The van der Waals surface area contributed by atoms with E-state index in [1.165, 1.54) is 24.6 Å². The van der Waals surface area contributed by atoms with Crippen LogP contribution in [0.15, 0.2) is 23.1 Å². The van der Waals surface area contributed by atoms with Crippen LogP contribution in [0.2, 0.25) is 0 Å². The van der Waals surface area contributed by atoms with Crippen molar-refractivity contribution in [2.24, 2.45) is 17.8 Å². The minimum atomic E-state index is -3.86. The number of benzene rings is 1. The van der Waals surface area contributed by atoms with Gasteiger partial charge in [0, 0.05) is 18.2 Å². The summed E-state index contributed by atoms with van der Waals surface area (Å²) in [6.45, 7) is 8.24. The Labute approximate surface area is 161 Å². The van der Waals surface area contributed by atoms with Gasteiger partial charge < -0.3 is 5.32 Å². The third-order valence-corrected chi connectivity index (χ3v) is 7.79. The molecule has 0 radical (unpaired) electrons.